The van der Waals surface area contributed by atoms with Crippen LogP contribution in [0.1, 0.15) is 31.2 Å². The second kappa shape index (κ2) is 9.40. The van der Waals surface area contributed by atoms with Crippen molar-refractivity contribution in [2.24, 2.45) is 5.92 Å². The van der Waals surface area contributed by atoms with Crippen LogP contribution in [-0.4, -0.2) is 55.0 Å². The largest absolute Gasteiger partial charge is 0.341 e. The molecule has 0 spiro atoms. The molecule has 0 aromatic heterocycles. The van der Waals surface area contributed by atoms with Gasteiger partial charge < -0.3 is 10.2 Å². The van der Waals surface area contributed by atoms with E-state index in [0.29, 0.717) is 11.9 Å². The molecule has 1 atom stereocenters. The summed E-state index contributed by atoms with van der Waals surface area (Å²) in [6.45, 7) is 5.10. The van der Waals surface area contributed by atoms with Gasteiger partial charge in [0.1, 0.15) is 0 Å². The van der Waals surface area contributed by atoms with Crippen molar-refractivity contribution in [3.63, 3.8) is 0 Å². The Balaban J connectivity index is 0.00000208. The number of nitrogens with one attached hydrogen (secondary N) is 1. The fraction of sp³-hybridized carbons (Fsp3) is 0.632. The van der Waals surface area contributed by atoms with Crippen LogP contribution < -0.4 is 5.32 Å². The first-order valence-electron chi connectivity index (χ1n) is 8.97. The van der Waals surface area contributed by atoms with Gasteiger partial charge in [0.15, 0.2) is 0 Å². The summed E-state index contributed by atoms with van der Waals surface area (Å²) in [5.74, 6) is 0.587. The number of carbonyl (C=O) groups is 1. The lowest BCUT2D eigenvalue weighted by Crippen LogP contribution is -2.50. The van der Waals surface area contributed by atoms with E-state index in [1.807, 2.05) is 11.9 Å². The number of amides is 1. The van der Waals surface area contributed by atoms with E-state index in [0.717, 1.165) is 52.0 Å². The number of halogens is 1. The van der Waals surface area contributed by atoms with E-state index in [2.05, 4.69) is 40.5 Å². The first-order valence-corrected chi connectivity index (χ1v) is 8.97. The molecule has 0 aliphatic carbocycles. The van der Waals surface area contributed by atoms with Crippen molar-refractivity contribution < 1.29 is 4.79 Å². The highest BCUT2D eigenvalue weighted by molar-refractivity contribution is 5.85. The molecule has 1 N–H and O–H groups in total. The molecule has 0 bridgehead atoms. The second-order valence-electron chi connectivity index (χ2n) is 6.99. The summed E-state index contributed by atoms with van der Waals surface area (Å²) >= 11 is 0. The standard InChI is InChI=1S/C19H29N3O.ClH/c1-21(19(23)17-9-11-20-12-10-17)18-8-5-13-22(15-18)14-16-6-3-2-4-7-16;/h2-4,6-7,17-18,20H,5,8-15H2,1H3;1H. The molecular weight excluding hydrogens is 322 g/mol. The number of carbonyl (C=O) groups excluding carboxylic acids is 1. The SMILES string of the molecule is CN(C(=O)C1CCNCC1)C1CCCN(Cc2ccccc2)C1.Cl. The third kappa shape index (κ3) is 4.95. The van der Waals surface area contributed by atoms with Crippen LogP contribution in [0.2, 0.25) is 0 Å². The monoisotopic (exact) mass is 351 g/mol. The molecule has 2 heterocycles. The number of likely N-dealkylation sites (N-methyl/N-ethyl adjacent to an activating group) is 1. The molecule has 2 aliphatic rings. The first kappa shape index (κ1) is 19.2. The van der Waals surface area contributed by atoms with Crippen LogP contribution >= 0.6 is 12.4 Å². The van der Waals surface area contributed by atoms with E-state index < -0.39 is 0 Å². The summed E-state index contributed by atoms with van der Waals surface area (Å²) < 4.78 is 0. The van der Waals surface area contributed by atoms with Crippen molar-refractivity contribution in [2.45, 2.75) is 38.3 Å². The normalized spacial score (nSPS) is 22.6. The van der Waals surface area contributed by atoms with Gasteiger partial charge in [0.25, 0.3) is 0 Å². The highest BCUT2D eigenvalue weighted by atomic mass is 35.5. The maximum atomic E-state index is 12.7. The van der Waals surface area contributed by atoms with Gasteiger partial charge in [-0.25, -0.2) is 0 Å². The number of benzene rings is 1. The minimum absolute atomic E-state index is 0. The summed E-state index contributed by atoms with van der Waals surface area (Å²) in [6.07, 6.45) is 4.30. The smallest absolute Gasteiger partial charge is 0.225 e. The second-order valence-corrected chi connectivity index (χ2v) is 6.99. The van der Waals surface area contributed by atoms with Gasteiger partial charge in [0.2, 0.25) is 5.91 Å². The summed E-state index contributed by atoms with van der Waals surface area (Å²) in [4.78, 5) is 17.3. The number of rotatable bonds is 4. The van der Waals surface area contributed by atoms with Crippen LogP contribution in [0.4, 0.5) is 0 Å². The van der Waals surface area contributed by atoms with E-state index in [-0.39, 0.29) is 18.3 Å². The van der Waals surface area contributed by atoms with Gasteiger partial charge in [-0.1, -0.05) is 30.3 Å². The van der Waals surface area contributed by atoms with Gasteiger partial charge in [-0.15, -0.1) is 12.4 Å². The van der Waals surface area contributed by atoms with Crippen molar-refractivity contribution in [1.82, 2.24) is 15.1 Å². The van der Waals surface area contributed by atoms with Crippen LogP contribution in [0.3, 0.4) is 0 Å². The predicted octanol–water partition coefficient (Wildman–Crippen LogP) is 2.53. The van der Waals surface area contributed by atoms with Gasteiger partial charge in [0, 0.05) is 32.1 Å². The van der Waals surface area contributed by atoms with E-state index >= 15 is 0 Å². The molecule has 1 aromatic carbocycles. The lowest BCUT2D eigenvalue weighted by atomic mass is 9.95. The van der Waals surface area contributed by atoms with Crippen LogP contribution in [0.15, 0.2) is 30.3 Å². The predicted molar refractivity (Wildman–Crippen MR) is 100 cm³/mol. The zero-order valence-electron chi connectivity index (χ0n) is 14.6. The number of nitrogens with zero attached hydrogens (tertiary/aromatic N) is 2. The molecule has 1 unspecified atom stereocenters. The molecule has 3 rings (SSSR count). The molecule has 2 saturated heterocycles. The van der Waals surface area contributed by atoms with Crippen LogP contribution in [0.25, 0.3) is 0 Å². The summed E-state index contributed by atoms with van der Waals surface area (Å²) in [5, 5.41) is 3.34. The number of likely N-dealkylation sites (tertiary alicyclic amines) is 1. The Bertz CT molecular complexity index is 505. The maximum absolute atomic E-state index is 12.7. The first-order chi connectivity index (χ1) is 11.2. The maximum Gasteiger partial charge on any atom is 0.225 e. The summed E-state index contributed by atoms with van der Waals surface area (Å²) in [5.41, 5.74) is 1.36. The molecule has 0 radical (unpaired) electrons. The van der Waals surface area contributed by atoms with Gasteiger partial charge in [0.05, 0.1) is 0 Å². The van der Waals surface area contributed by atoms with Gasteiger partial charge >= 0.3 is 0 Å². The Kier molecular flexibility index (Phi) is 7.53. The summed E-state index contributed by atoms with van der Waals surface area (Å²) in [7, 11) is 2.01. The highest BCUT2D eigenvalue weighted by Crippen LogP contribution is 2.21. The Morgan fingerprint density at radius 1 is 1.21 bits per heavy atom. The Hall–Kier alpha value is -1.10. The van der Waals surface area contributed by atoms with E-state index in [1.165, 1.54) is 12.0 Å². The van der Waals surface area contributed by atoms with Crippen molar-refractivity contribution in [3.8, 4) is 0 Å². The minimum Gasteiger partial charge on any atom is -0.341 e. The topological polar surface area (TPSA) is 35.6 Å². The van der Waals surface area contributed by atoms with Crippen molar-refractivity contribution in [3.05, 3.63) is 35.9 Å². The van der Waals surface area contributed by atoms with Gasteiger partial charge in [-0.3, -0.25) is 9.69 Å². The van der Waals surface area contributed by atoms with Gasteiger partial charge in [-0.05, 0) is 50.9 Å². The zero-order chi connectivity index (χ0) is 16.1. The molecular formula is C19H30ClN3O. The lowest BCUT2D eigenvalue weighted by molar-refractivity contribution is -0.138. The number of hydrogen-bond acceptors (Lipinski definition) is 3. The fourth-order valence-electron chi connectivity index (χ4n) is 3.87. The van der Waals surface area contributed by atoms with E-state index in [9.17, 15) is 4.79 Å². The van der Waals surface area contributed by atoms with Crippen LogP contribution in [0, 0.1) is 5.92 Å². The molecule has 2 fully saturated rings. The highest BCUT2D eigenvalue weighted by Gasteiger charge is 2.30. The average molecular weight is 352 g/mol. The lowest BCUT2D eigenvalue weighted by Gasteiger charge is -2.39. The fourth-order valence-corrected chi connectivity index (χ4v) is 3.87. The third-order valence-corrected chi connectivity index (χ3v) is 5.31. The summed E-state index contributed by atoms with van der Waals surface area (Å²) in [6, 6.07) is 11.0. The quantitative estimate of drug-likeness (QED) is 0.905. The number of hydrogen-bond donors (Lipinski definition) is 1. The minimum atomic E-state index is 0. The van der Waals surface area contributed by atoms with Crippen LogP contribution in [-0.2, 0) is 11.3 Å². The Morgan fingerprint density at radius 2 is 1.92 bits per heavy atom. The average Bonchev–Trinajstić information content (AvgIpc) is 2.62. The zero-order valence-corrected chi connectivity index (χ0v) is 15.4. The molecule has 0 saturated carbocycles. The van der Waals surface area contributed by atoms with E-state index in [4.69, 9.17) is 0 Å². The molecule has 1 amide bonds. The van der Waals surface area contributed by atoms with Crippen molar-refractivity contribution in [2.75, 3.05) is 33.2 Å². The third-order valence-electron chi connectivity index (χ3n) is 5.31. The molecule has 2 aliphatic heterocycles. The van der Waals surface area contributed by atoms with Crippen molar-refractivity contribution >= 4 is 18.3 Å². The van der Waals surface area contributed by atoms with E-state index in [1.54, 1.807) is 0 Å². The molecule has 24 heavy (non-hydrogen) atoms. The molecule has 1 aromatic rings. The Morgan fingerprint density at radius 3 is 2.62 bits per heavy atom. The molecule has 5 heteroatoms. The molecule has 4 nitrogen and oxygen atoms in total. The van der Waals surface area contributed by atoms with Crippen LogP contribution in [0.5, 0.6) is 0 Å². The number of piperidine rings is 2. The Labute approximate surface area is 152 Å². The molecule has 134 valence electrons. The van der Waals surface area contributed by atoms with Gasteiger partial charge in [-0.2, -0.15) is 0 Å². The van der Waals surface area contributed by atoms with Crippen molar-refractivity contribution in [1.29, 1.82) is 0 Å².